The van der Waals surface area contributed by atoms with Crippen LogP contribution in [0.4, 0.5) is 0 Å². The number of ether oxygens (including phenoxy) is 1. The quantitative estimate of drug-likeness (QED) is 0.795. The van der Waals surface area contributed by atoms with Gasteiger partial charge in [0, 0.05) is 38.6 Å². The molecule has 1 N–H and O–H groups in total. The minimum absolute atomic E-state index is 0.00414. The highest BCUT2D eigenvalue weighted by Gasteiger charge is 2.59. The Morgan fingerprint density at radius 2 is 2.08 bits per heavy atom. The van der Waals surface area contributed by atoms with Crippen molar-refractivity contribution in [3.05, 3.63) is 29.3 Å². The molecule has 0 aliphatic carbocycles. The fourth-order valence-electron chi connectivity index (χ4n) is 4.15. The summed E-state index contributed by atoms with van der Waals surface area (Å²) in [6, 6.07) is 5.88. The average molecular weight is 382 g/mol. The van der Waals surface area contributed by atoms with Gasteiger partial charge in [0.2, 0.25) is 10.0 Å². The van der Waals surface area contributed by atoms with Gasteiger partial charge in [-0.15, -0.1) is 0 Å². The molecular formula is C18H26N2O5S. The standard InChI is InChI=1S/C18H26N2O5S/c1-4-26(23,24)20-10-15-9-19(11-18(15,12-20)17(21)22)8-14-5-6-16(25-3)7-13(14)2/h5-7,15H,4,8-12H2,1-3H3,(H,21,22)/t15?,18-/m0/s1. The van der Waals surface area contributed by atoms with Gasteiger partial charge in [-0.2, -0.15) is 0 Å². The topological polar surface area (TPSA) is 87.2 Å². The number of hydrogen-bond donors (Lipinski definition) is 1. The van der Waals surface area contributed by atoms with E-state index in [9.17, 15) is 18.3 Å². The Balaban J connectivity index is 1.77. The normalized spacial score (nSPS) is 26.8. The molecule has 0 bridgehead atoms. The van der Waals surface area contributed by atoms with Gasteiger partial charge in [0.15, 0.2) is 0 Å². The van der Waals surface area contributed by atoms with Crippen molar-refractivity contribution in [1.82, 2.24) is 9.21 Å². The van der Waals surface area contributed by atoms with Crippen molar-refractivity contribution >= 4 is 16.0 Å². The second kappa shape index (κ2) is 6.83. The number of nitrogens with zero attached hydrogens (tertiary/aromatic N) is 2. The highest BCUT2D eigenvalue weighted by Crippen LogP contribution is 2.44. The lowest BCUT2D eigenvalue weighted by atomic mass is 9.81. The molecule has 0 saturated carbocycles. The number of aliphatic carboxylic acids is 1. The van der Waals surface area contributed by atoms with Gasteiger partial charge in [-0.1, -0.05) is 6.07 Å². The van der Waals surface area contributed by atoms with Gasteiger partial charge in [0.05, 0.1) is 18.3 Å². The molecule has 0 aromatic heterocycles. The molecule has 1 aromatic carbocycles. The van der Waals surface area contributed by atoms with Crippen LogP contribution in [0.3, 0.4) is 0 Å². The third-order valence-corrected chi connectivity index (χ3v) is 7.57. The number of carboxylic acid groups (broad SMARTS) is 1. The van der Waals surface area contributed by atoms with Crippen LogP contribution < -0.4 is 4.74 Å². The third kappa shape index (κ3) is 3.21. The highest BCUT2D eigenvalue weighted by atomic mass is 32.2. The van der Waals surface area contributed by atoms with Gasteiger partial charge in [-0.25, -0.2) is 12.7 Å². The molecule has 26 heavy (non-hydrogen) atoms. The Kier molecular flexibility index (Phi) is 5.02. The van der Waals surface area contributed by atoms with E-state index in [1.54, 1.807) is 14.0 Å². The van der Waals surface area contributed by atoms with Crippen molar-refractivity contribution in [2.24, 2.45) is 11.3 Å². The fraction of sp³-hybridized carbons (Fsp3) is 0.611. The van der Waals surface area contributed by atoms with E-state index in [4.69, 9.17) is 4.74 Å². The van der Waals surface area contributed by atoms with Crippen LogP contribution >= 0.6 is 0 Å². The predicted molar refractivity (Wildman–Crippen MR) is 97.6 cm³/mol. The van der Waals surface area contributed by atoms with Gasteiger partial charge in [-0.05, 0) is 37.1 Å². The molecule has 2 atom stereocenters. The summed E-state index contributed by atoms with van der Waals surface area (Å²) in [5.74, 6) is -0.276. The van der Waals surface area contributed by atoms with E-state index in [1.165, 1.54) is 4.31 Å². The van der Waals surface area contributed by atoms with Crippen LogP contribution in [0.5, 0.6) is 5.75 Å². The van der Waals surface area contributed by atoms with Crippen LogP contribution in [-0.2, 0) is 21.4 Å². The summed E-state index contributed by atoms with van der Waals surface area (Å²) in [7, 11) is -1.74. The van der Waals surface area contributed by atoms with E-state index in [1.807, 2.05) is 25.1 Å². The number of rotatable bonds is 6. The lowest BCUT2D eigenvalue weighted by Gasteiger charge is -2.25. The first-order chi connectivity index (χ1) is 12.2. The van der Waals surface area contributed by atoms with Crippen LogP contribution in [0.2, 0.25) is 0 Å². The maximum absolute atomic E-state index is 12.2. The first-order valence-electron chi connectivity index (χ1n) is 8.79. The maximum atomic E-state index is 12.2. The minimum Gasteiger partial charge on any atom is -0.497 e. The van der Waals surface area contributed by atoms with Crippen LogP contribution in [0.15, 0.2) is 18.2 Å². The molecule has 2 heterocycles. The van der Waals surface area contributed by atoms with Gasteiger partial charge in [0.1, 0.15) is 5.75 Å². The van der Waals surface area contributed by atoms with E-state index in [0.29, 0.717) is 26.2 Å². The van der Waals surface area contributed by atoms with Crippen molar-refractivity contribution in [2.75, 3.05) is 39.0 Å². The fourth-order valence-corrected chi connectivity index (χ4v) is 5.35. The molecule has 2 saturated heterocycles. The zero-order valence-electron chi connectivity index (χ0n) is 15.4. The number of carbonyl (C=O) groups is 1. The molecule has 1 aromatic rings. The molecule has 144 valence electrons. The number of hydrogen-bond acceptors (Lipinski definition) is 5. The van der Waals surface area contributed by atoms with Gasteiger partial charge < -0.3 is 9.84 Å². The number of benzene rings is 1. The molecule has 3 rings (SSSR count). The molecule has 0 radical (unpaired) electrons. The number of likely N-dealkylation sites (tertiary alicyclic amines) is 1. The monoisotopic (exact) mass is 382 g/mol. The molecule has 0 amide bonds. The van der Waals surface area contributed by atoms with Crippen molar-refractivity contribution in [1.29, 1.82) is 0 Å². The van der Waals surface area contributed by atoms with Crippen molar-refractivity contribution in [3.8, 4) is 5.75 Å². The smallest absolute Gasteiger partial charge is 0.312 e. The number of sulfonamides is 1. The summed E-state index contributed by atoms with van der Waals surface area (Å²) in [6.07, 6.45) is 0. The van der Waals surface area contributed by atoms with Crippen molar-refractivity contribution < 1.29 is 23.1 Å². The number of carboxylic acids is 1. The molecule has 1 unspecified atom stereocenters. The van der Waals surface area contributed by atoms with E-state index >= 15 is 0 Å². The number of fused-ring (bicyclic) bond motifs is 1. The minimum atomic E-state index is -3.36. The molecular weight excluding hydrogens is 356 g/mol. The third-order valence-electron chi connectivity index (χ3n) is 5.78. The Hall–Kier alpha value is -1.64. The lowest BCUT2D eigenvalue weighted by molar-refractivity contribution is -0.148. The predicted octanol–water partition coefficient (Wildman–Crippen LogP) is 1.17. The molecule has 2 fully saturated rings. The summed E-state index contributed by atoms with van der Waals surface area (Å²) >= 11 is 0. The second-order valence-electron chi connectivity index (χ2n) is 7.31. The van der Waals surface area contributed by atoms with Gasteiger partial charge >= 0.3 is 5.97 Å². The second-order valence-corrected chi connectivity index (χ2v) is 9.57. The van der Waals surface area contributed by atoms with E-state index < -0.39 is 21.4 Å². The van der Waals surface area contributed by atoms with E-state index in [-0.39, 0.29) is 18.2 Å². The first kappa shape index (κ1) is 19.1. The Labute approximate surface area is 154 Å². The largest absolute Gasteiger partial charge is 0.497 e. The van der Waals surface area contributed by atoms with E-state index in [0.717, 1.165) is 16.9 Å². The van der Waals surface area contributed by atoms with Crippen molar-refractivity contribution in [2.45, 2.75) is 20.4 Å². The summed E-state index contributed by atoms with van der Waals surface area (Å²) in [5, 5.41) is 9.87. The van der Waals surface area contributed by atoms with E-state index in [2.05, 4.69) is 4.90 Å². The van der Waals surface area contributed by atoms with Gasteiger partial charge in [-0.3, -0.25) is 9.69 Å². The Morgan fingerprint density at radius 1 is 1.35 bits per heavy atom. The number of aryl methyl sites for hydroxylation is 1. The van der Waals surface area contributed by atoms with Crippen LogP contribution in [0, 0.1) is 18.3 Å². The highest BCUT2D eigenvalue weighted by molar-refractivity contribution is 7.89. The summed E-state index contributed by atoms with van der Waals surface area (Å²) in [4.78, 5) is 14.2. The Morgan fingerprint density at radius 3 is 2.62 bits per heavy atom. The molecule has 2 aliphatic heterocycles. The van der Waals surface area contributed by atoms with Crippen LogP contribution in [-0.4, -0.2) is 67.7 Å². The number of methoxy groups -OCH3 is 1. The van der Waals surface area contributed by atoms with Crippen molar-refractivity contribution in [3.63, 3.8) is 0 Å². The summed E-state index contributed by atoms with van der Waals surface area (Å²) in [5.41, 5.74) is 1.22. The lowest BCUT2D eigenvalue weighted by Crippen LogP contribution is -2.42. The molecule has 0 spiro atoms. The summed E-state index contributed by atoms with van der Waals surface area (Å²) in [6.45, 7) is 5.58. The summed E-state index contributed by atoms with van der Waals surface area (Å²) < 4.78 is 31.0. The first-order valence-corrected chi connectivity index (χ1v) is 10.4. The van der Waals surface area contributed by atoms with Crippen LogP contribution in [0.1, 0.15) is 18.1 Å². The molecule has 8 heteroatoms. The zero-order chi connectivity index (χ0) is 19.1. The molecule has 7 nitrogen and oxygen atoms in total. The van der Waals surface area contributed by atoms with Gasteiger partial charge in [0.25, 0.3) is 0 Å². The molecule has 2 aliphatic rings. The Bertz CT molecular complexity index is 810. The maximum Gasteiger partial charge on any atom is 0.312 e. The zero-order valence-corrected chi connectivity index (χ0v) is 16.3. The SMILES string of the molecule is CCS(=O)(=O)N1CC2CN(Cc3ccc(OC)cc3C)C[C@]2(C(=O)O)C1. The average Bonchev–Trinajstić information content (AvgIpc) is 3.12. The van der Waals surface area contributed by atoms with Crippen LogP contribution in [0.25, 0.3) is 0 Å².